The molecule has 0 saturated heterocycles. The van der Waals surface area contributed by atoms with Gasteiger partial charge in [-0.2, -0.15) is 4.31 Å². The van der Waals surface area contributed by atoms with Crippen LogP contribution in [0.4, 0.5) is 5.69 Å². The maximum atomic E-state index is 12.7. The van der Waals surface area contributed by atoms with E-state index in [2.05, 4.69) is 5.32 Å². The van der Waals surface area contributed by atoms with Crippen molar-refractivity contribution in [3.05, 3.63) is 46.7 Å². The molecule has 0 atom stereocenters. The molecule has 0 fully saturated rings. The van der Waals surface area contributed by atoms with Gasteiger partial charge in [0.25, 0.3) is 0 Å². The summed E-state index contributed by atoms with van der Waals surface area (Å²) in [5, 5.41) is 4.60. The number of anilines is 1. The van der Waals surface area contributed by atoms with E-state index in [4.69, 9.17) is 4.74 Å². The Balaban J connectivity index is 2.28. The molecule has 1 aromatic heterocycles. The molecule has 6 nitrogen and oxygen atoms in total. The number of sulfonamides is 1. The van der Waals surface area contributed by atoms with Crippen molar-refractivity contribution in [2.24, 2.45) is 0 Å². The molecule has 0 aliphatic carbocycles. The number of hydrogen-bond acceptors (Lipinski definition) is 5. The lowest BCUT2D eigenvalue weighted by molar-refractivity contribution is -0.111. The van der Waals surface area contributed by atoms with Crippen molar-refractivity contribution in [1.29, 1.82) is 0 Å². The summed E-state index contributed by atoms with van der Waals surface area (Å²) >= 11 is 1.52. The largest absolute Gasteiger partial charge is 0.495 e. The van der Waals surface area contributed by atoms with Gasteiger partial charge in [-0.05, 0) is 35.7 Å². The molecule has 26 heavy (non-hydrogen) atoms. The van der Waals surface area contributed by atoms with E-state index in [9.17, 15) is 13.2 Å². The van der Waals surface area contributed by atoms with Gasteiger partial charge in [0, 0.05) is 24.0 Å². The normalized spacial score (nSPS) is 11.8. The third-order valence-corrected chi connectivity index (χ3v) is 6.60. The number of carbonyl (C=O) groups is 1. The lowest BCUT2D eigenvalue weighted by Gasteiger charge is -2.19. The molecule has 1 N–H and O–H groups in total. The van der Waals surface area contributed by atoms with Gasteiger partial charge in [0.15, 0.2) is 0 Å². The van der Waals surface area contributed by atoms with Crippen molar-refractivity contribution >= 4 is 39.0 Å². The first-order valence-electron chi connectivity index (χ1n) is 8.13. The van der Waals surface area contributed by atoms with Crippen LogP contribution in [-0.4, -0.2) is 38.8 Å². The van der Waals surface area contributed by atoms with Crippen LogP contribution in [-0.2, 0) is 14.8 Å². The molecule has 1 amide bonds. The average Bonchev–Trinajstić information content (AvgIpc) is 3.14. The molecule has 1 heterocycles. The Hall–Kier alpha value is -2.16. The highest BCUT2D eigenvalue weighted by molar-refractivity contribution is 7.89. The minimum Gasteiger partial charge on any atom is -0.495 e. The van der Waals surface area contributed by atoms with Crippen molar-refractivity contribution in [2.45, 2.75) is 18.7 Å². The molecule has 1 aromatic carbocycles. The van der Waals surface area contributed by atoms with Crippen LogP contribution in [0.1, 0.15) is 18.7 Å². The molecule has 0 spiro atoms. The van der Waals surface area contributed by atoms with Crippen molar-refractivity contribution in [2.75, 3.05) is 25.5 Å². The summed E-state index contributed by atoms with van der Waals surface area (Å²) in [5.74, 6) is 0.0236. The second-order valence-electron chi connectivity index (χ2n) is 5.29. The number of rotatable bonds is 8. The summed E-state index contributed by atoms with van der Waals surface area (Å²) in [5.41, 5.74) is 0.307. The van der Waals surface area contributed by atoms with Gasteiger partial charge in [0.1, 0.15) is 5.75 Å². The fourth-order valence-corrected chi connectivity index (χ4v) is 4.48. The smallest absolute Gasteiger partial charge is 0.248 e. The van der Waals surface area contributed by atoms with Gasteiger partial charge in [0.05, 0.1) is 17.7 Å². The number of benzene rings is 1. The average molecular weight is 395 g/mol. The molecule has 0 bridgehead atoms. The van der Waals surface area contributed by atoms with Crippen molar-refractivity contribution < 1.29 is 17.9 Å². The van der Waals surface area contributed by atoms with Gasteiger partial charge in [-0.15, -0.1) is 11.3 Å². The number of carbonyl (C=O) groups excluding carboxylic acids is 1. The zero-order valence-corrected chi connectivity index (χ0v) is 16.6. The topological polar surface area (TPSA) is 75.7 Å². The number of amides is 1. The first-order valence-corrected chi connectivity index (χ1v) is 10.4. The first kappa shape index (κ1) is 20.2. The van der Waals surface area contributed by atoms with Gasteiger partial charge in [-0.1, -0.05) is 19.9 Å². The monoisotopic (exact) mass is 394 g/mol. The van der Waals surface area contributed by atoms with Crippen LogP contribution in [0.3, 0.4) is 0 Å². The number of ether oxygens (including phenoxy) is 1. The fraction of sp³-hybridized carbons (Fsp3) is 0.278. The minimum absolute atomic E-state index is 0.111. The number of hydrogen-bond donors (Lipinski definition) is 1. The first-order chi connectivity index (χ1) is 12.4. The number of nitrogens with one attached hydrogen (secondary N) is 1. The van der Waals surface area contributed by atoms with E-state index < -0.39 is 10.0 Å². The van der Waals surface area contributed by atoms with Crippen LogP contribution in [0.2, 0.25) is 0 Å². The van der Waals surface area contributed by atoms with Crippen LogP contribution >= 0.6 is 11.3 Å². The molecule has 0 aliphatic rings. The third kappa shape index (κ3) is 4.72. The van der Waals surface area contributed by atoms with Crippen LogP contribution in [0.15, 0.2) is 46.7 Å². The molecule has 0 radical (unpaired) electrons. The highest BCUT2D eigenvalue weighted by Gasteiger charge is 2.23. The predicted molar refractivity (Wildman–Crippen MR) is 105 cm³/mol. The Bertz CT molecular complexity index is 871. The number of nitrogens with zero attached hydrogens (tertiary/aromatic N) is 1. The second-order valence-corrected chi connectivity index (χ2v) is 8.21. The molecular formula is C18H22N2O4S2. The van der Waals surface area contributed by atoms with Crippen LogP contribution in [0.25, 0.3) is 6.08 Å². The molecular weight excluding hydrogens is 372 g/mol. The Morgan fingerprint density at radius 1 is 1.27 bits per heavy atom. The number of methoxy groups -OCH3 is 1. The zero-order valence-electron chi connectivity index (χ0n) is 14.9. The van der Waals surface area contributed by atoms with E-state index in [1.54, 1.807) is 19.9 Å². The highest BCUT2D eigenvalue weighted by atomic mass is 32.2. The van der Waals surface area contributed by atoms with Gasteiger partial charge in [0.2, 0.25) is 15.9 Å². The van der Waals surface area contributed by atoms with E-state index in [0.717, 1.165) is 4.88 Å². The van der Waals surface area contributed by atoms with Gasteiger partial charge in [-0.25, -0.2) is 8.42 Å². The lowest BCUT2D eigenvalue weighted by atomic mass is 10.3. The van der Waals surface area contributed by atoms with Crippen molar-refractivity contribution in [3.8, 4) is 5.75 Å². The number of thiophene rings is 1. The van der Waals surface area contributed by atoms with E-state index in [1.807, 2.05) is 17.5 Å². The van der Waals surface area contributed by atoms with Crippen molar-refractivity contribution in [3.63, 3.8) is 0 Å². The molecule has 0 unspecified atom stereocenters. The Labute approximate surface area is 158 Å². The van der Waals surface area contributed by atoms with Crippen molar-refractivity contribution in [1.82, 2.24) is 4.31 Å². The summed E-state index contributed by atoms with van der Waals surface area (Å²) in [4.78, 5) is 13.2. The fourth-order valence-electron chi connectivity index (χ4n) is 2.38. The molecule has 140 valence electrons. The summed E-state index contributed by atoms with van der Waals surface area (Å²) in [6.45, 7) is 4.30. The molecule has 2 aromatic rings. The van der Waals surface area contributed by atoms with E-state index in [0.29, 0.717) is 24.5 Å². The third-order valence-electron chi connectivity index (χ3n) is 3.71. The molecule has 0 saturated carbocycles. The summed E-state index contributed by atoms with van der Waals surface area (Å²) in [6, 6.07) is 8.22. The minimum atomic E-state index is -3.62. The van der Waals surface area contributed by atoms with E-state index >= 15 is 0 Å². The lowest BCUT2D eigenvalue weighted by Crippen LogP contribution is -2.30. The Kier molecular flexibility index (Phi) is 6.96. The van der Waals surface area contributed by atoms with E-state index in [1.165, 1.54) is 47.0 Å². The molecule has 0 aliphatic heterocycles. The zero-order chi connectivity index (χ0) is 19.2. The quantitative estimate of drug-likeness (QED) is 0.696. The van der Waals surface area contributed by atoms with Crippen LogP contribution < -0.4 is 10.1 Å². The van der Waals surface area contributed by atoms with Gasteiger partial charge >= 0.3 is 0 Å². The van der Waals surface area contributed by atoms with Crippen LogP contribution in [0.5, 0.6) is 5.75 Å². The van der Waals surface area contributed by atoms with Crippen LogP contribution in [0, 0.1) is 0 Å². The standard InChI is InChI=1S/C18H22N2O4S2/c1-4-20(5-2)26(22,23)15-9-10-17(24-3)16(13-15)19-18(21)11-8-14-7-6-12-25-14/h6-13H,4-5H2,1-3H3,(H,19,21). The van der Waals surface area contributed by atoms with E-state index in [-0.39, 0.29) is 10.8 Å². The maximum absolute atomic E-state index is 12.7. The second kappa shape index (κ2) is 8.98. The molecule has 8 heteroatoms. The predicted octanol–water partition coefficient (Wildman–Crippen LogP) is 3.44. The van der Waals surface area contributed by atoms with Gasteiger partial charge < -0.3 is 10.1 Å². The summed E-state index contributed by atoms with van der Waals surface area (Å²) in [7, 11) is -2.16. The summed E-state index contributed by atoms with van der Waals surface area (Å²) < 4.78 is 31.9. The SMILES string of the molecule is CCN(CC)S(=O)(=O)c1ccc(OC)c(NC(=O)C=Cc2cccs2)c1. The van der Waals surface area contributed by atoms with Gasteiger partial charge in [-0.3, -0.25) is 4.79 Å². The maximum Gasteiger partial charge on any atom is 0.248 e. The molecule has 2 rings (SSSR count). The Morgan fingerprint density at radius 3 is 2.58 bits per heavy atom. The Morgan fingerprint density at radius 2 is 2.00 bits per heavy atom. The summed E-state index contributed by atoms with van der Waals surface area (Å²) in [6.07, 6.45) is 3.10. The highest BCUT2D eigenvalue weighted by Crippen LogP contribution is 2.29.